The molecule has 0 saturated heterocycles. The number of carbonyl (C=O) groups excluding carboxylic acids is 2. The lowest BCUT2D eigenvalue weighted by atomic mass is 10.1. The van der Waals surface area contributed by atoms with Crippen molar-refractivity contribution in [1.82, 2.24) is 5.32 Å². The highest BCUT2D eigenvalue weighted by Crippen LogP contribution is 2.28. The van der Waals surface area contributed by atoms with E-state index in [0.717, 1.165) is 5.56 Å². The number of ether oxygens (including phenoxy) is 2. The van der Waals surface area contributed by atoms with E-state index in [1.807, 2.05) is 17.5 Å². The number of benzene rings is 2. The minimum Gasteiger partial charge on any atom is -0.493 e. The third-order valence-electron chi connectivity index (χ3n) is 4.14. The van der Waals surface area contributed by atoms with Crippen LogP contribution < -0.4 is 20.1 Å². The van der Waals surface area contributed by atoms with Crippen molar-refractivity contribution < 1.29 is 19.1 Å². The highest BCUT2D eigenvalue weighted by atomic mass is 32.1. The van der Waals surface area contributed by atoms with E-state index < -0.39 is 0 Å². The Balaban J connectivity index is 1.58. The standard InChI is InChI=1S/C23H20N2O4S/c1-3-12-29-20-14-16(6-11-19(20)28-2)15-24-22(26)17-7-9-18(10-8-17)25-23(27)21-5-4-13-30-21/h1,4-11,13-14H,12,15H2,2H3,(H,24,26)(H,25,27). The number of methoxy groups -OCH3 is 1. The van der Waals surface area contributed by atoms with Gasteiger partial charge in [-0.1, -0.05) is 18.1 Å². The summed E-state index contributed by atoms with van der Waals surface area (Å²) in [6.45, 7) is 0.438. The zero-order valence-electron chi connectivity index (χ0n) is 16.3. The van der Waals surface area contributed by atoms with Crippen molar-refractivity contribution in [2.45, 2.75) is 6.54 Å². The van der Waals surface area contributed by atoms with Crippen LogP contribution in [0.25, 0.3) is 0 Å². The number of hydrogen-bond acceptors (Lipinski definition) is 5. The number of thiophene rings is 1. The number of rotatable bonds is 8. The molecule has 1 aromatic heterocycles. The molecule has 0 bridgehead atoms. The average Bonchev–Trinajstić information content (AvgIpc) is 3.32. The quantitative estimate of drug-likeness (QED) is 0.541. The summed E-state index contributed by atoms with van der Waals surface area (Å²) in [6.07, 6.45) is 5.24. The van der Waals surface area contributed by atoms with Crippen LogP contribution in [-0.4, -0.2) is 25.5 Å². The molecule has 1 heterocycles. The van der Waals surface area contributed by atoms with Crippen molar-refractivity contribution >= 4 is 28.8 Å². The van der Waals surface area contributed by atoms with Gasteiger partial charge in [0.2, 0.25) is 0 Å². The molecule has 0 atom stereocenters. The van der Waals surface area contributed by atoms with Gasteiger partial charge in [0.1, 0.15) is 6.61 Å². The fourth-order valence-electron chi connectivity index (χ4n) is 2.65. The number of nitrogens with one attached hydrogen (secondary N) is 2. The molecule has 0 saturated carbocycles. The van der Waals surface area contributed by atoms with Crippen molar-refractivity contribution in [3.8, 4) is 23.8 Å². The van der Waals surface area contributed by atoms with E-state index in [2.05, 4.69) is 16.6 Å². The molecule has 0 aliphatic carbocycles. The molecule has 3 rings (SSSR count). The van der Waals surface area contributed by atoms with Gasteiger partial charge in [-0.25, -0.2) is 0 Å². The van der Waals surface area contributed by atoms with E-state index in [1.165, 1.54) is 11.3 Å². The fourth-order valence-corrected chi connectivity index (χ4v) is 3.27. The zero-order valence-corrected chi connectivity index (χ0v) is 17.1. The Kier molecular flexibility index (Phi) is 7.09. The van der Waals surface area contributed by atoms with Gasteiger partial charge in [-0.2, -0.15) is 0 Å². The molecule has 0 spiro atoms. The summed E-state index contributed by atoms with van der Waals surface area (Å²) < 4.78 is 10.7. The molecule has 30 heavy (non-hydrogen) atoms. The largest absolute Gasteiger partial charge is 0.493 e. The molecule has 2 aromatic carbocycles. The van der Waals surface area contributed by atoms with E-state index in [-0.39, 0.29) is 18.4 Å². The molecule has 7 heteroatoms. The third-order valence-corrected chi connectivity index (χ3v) is 5.01. The van der Waals surface area contributed by atoms with E-state index >= 15 is 0 Å². The predicted molar refractivity (Wildman–Crippen MR) is 117 cm³/mol. The maximum absolute atomic E-state index is 12.4. The number of anilines is 1. The molecule has 3 aromatic rings. The van der Waals surface area contributed by atoms with Crippen molar-refractivity contribution in [3.63, 3.8) is 0 Å². The Hall–Kier alpha value is -3.76. The van der Waals surface area contributed by atoms with Gasteiger partial charge in [-0.3, -0.25) is 9.59 Å². The number of carbonyl (C=O) groups is 2. The zero-order chi connectivity index (χ0) is 21.3. The van der Waals surface area contributed by atoms with E-state index in [0.29, 0.717) is 34.2 Å². The van der Waals surface area contributed by atoms with Crippen molar-refractivity contribution in [2.75, 3.05) is 19.0 Å². The van der Waals surface area contributed by atoms with Crippen LogP contribution in [0.5, 0.6) is 11.5 Å². The molecule has 152 valence electrons. The number of terminal acetylenes is 1. The Labute approximate surface area is 178 Å². The van der Waals surface area contributed by atoms with Crippen LogP contribution in [0.15, 0.2) is 60.0 Å². The van der Waals surface area contributed by atoms with Gasteiger partial charge in [0.15, 0.2) is 11.5 Å². The van der Waals surface area contributed by atoms with Gasteiger partial charge >= 0.3 is 0 Å². The van der Waals surface area contributed by atoms with Gasteiger partial charge in [-0.15, -0.1) is 17.8 Å². The SMILES string of the molecule is C#CCOc1cc(CNC(=O)c2ccc(NC(=O)c3cccs3)cc2)ccc1OC. The van der Waals surface area contributed by atoms with Gasteiger partial charge in [0, 0.05) is 17.8 Å². The van der Waals surface area contributed by atoms with Crippen LogP contribution in [0.3, 0.4) is 0 Å². The molecular weight excluding hydrogens is 400 g/mol. The minimum absolute atomic E-state index is 0.127. The molecule has 0 unspecified atom stereocenters. The molecule has 0 aliphatic rings. The molecule has 6 nitrogen and oxygen atoms in total. The van der Waals surface area contributed by atoms with Gasteiger partial charge in [0.05, 0.1) is 12.0 Å². The first-order valence-electron chi connectivity index (χ1n) is 9.07. The second kappa shape index (κ2) is 10.1. The number of amides is 2. The van der Waals surface area contributed by atoms with Crippen LogP contribution >= 0.6 is 11.3 Å². The first kappa shape index (κ1) is 21.0. The van der Waals surface area contributed by atoms with Crippen molar-refractivity contribution in [1.29, 1.82) is 0 Å². The minimum atomic E-state index is -0.229. The van der Waals surface area contributed by atoms with Crippen LogP contribution in [-0.2, 0) is 6.54 Å². The summed E-state index contributed by atoms with van der Waals surface area (Å²) >= 11 is 1.37. The second-order valence-corrected chi connectivity index (χ2v) is 7.12. The Morgan fingerprint density at radius 1 is 1.07 bits per heavy atom. The van der Waals surface area contributed by atoms with Crippen LogP contribution in [0.4, 0.5) is 5.69 Å². The highest BCUT2D eigenvalue weighted by molar-refractivity contribution is 7.12. The highest BCUT2D eigenvalue weighted by Gasteiger charge is 2.10. The van der Waals surface area contributed by atoms with E-state index in [9.17, 15) is 9.59 Å². The monoisotopic (exact) mass is 420 g/mol. The first-order chi connectivity index (χ1) is 14.6. The molecule has 2 amide bonds. The van der Waals surface area contributed by atoms with Crippen molar-refractivity contribution in [3.05, 3.63) is 76.0 Å². The van der Waals surface area contributed by atoms with Crippen molar-refractivity contribution in [2.24, 2.45) is 0 Å². The summed E-state index contributed by atoms with van der Waals surface area (Å²) in [6, 6.07) is 15.7. The third kappa shape index (κ3) is 5.40. The normalized spacial score (nSPS) is 10.0. The molecular formula is C23H20N2O4S. The van der Waals surface area contributed by atoms with Gasteiger partial charge in [0.25, 0.3) is 11.8 Å². The summed E-state index contributed by atoms with van der Waals surface area (Å²) in [4.78, 5) is 25.1. The van der Waals surface area contributed by atoms with E-state index in [4.69, 9.17) is 15.9 Å². The van der Waals surface area contributed by atoms with Crippen LogP contribution in [0, 0.1) is 12.3 Å². The Morgan fingerprint density at radius 2 is 1.87 bits per heavy atom. The summed E-state index contributed by atoms with van der Waals surface area (Å²) in [7, 11) is 1.55. The molecule has 0 aliphatic heterocycles. The first-order valence-corrected chi connectivity index (χ1v) is 9.95. The second-order valence-electron chi connectivity index (χ2n) is 6.17. The molecule has 0 radical (unpaired) electrons. The lowest BCUT2D eigenvalue weighted by Gasteiger charge is -2.11. The van der Waals surface area contributed by atoms with Crippen LogP contribution in [0.2, 0.25) is 0 Å². The topological polar surface area (TPSA) is 76.7 Å². The average molecular weight is 420 g/mol. The maximum atomic E-state index is 12.4. The fraction of sp³-hybridized carbons (Fsp3) is 0.130. The number of hydrogen-bond donors (Lipinski definition) is 2. The predicted octanol–water partition coefficient (Wildman–Crippen LogP) is 3.95. The van der Waals surface area contributed by atoms with Gasteiger partial charge in [-0.05, 0) is 53.4 Å². The molecule has 0 fully saturated rings. The van der Waals surface area contributed by atoms with Crippen LogP contribution in [0.1, 0.15) is 25.6 Å². The Morgan fingerprint density at radius 3 is 2.53 bits per heavy atom. The lowest BCUT2D eigenvalue weighted by Crippen LogP contribution is -2.22. The summed E-state index contributed by atoms with van der Waals surface area (Å²) in [5.41, 5.74) is 1.95. The van der Waals surface area contributed by atoms with Gasteiger partial charge < -0.3 is 20.1 Å². The lowest BCUT2D eigenvalue weighted by molar-refractivity contribution is 0.0950. The smallest absolute Gasteiger partial charge is 0.265 e. The van der Waals surface area contributed by atoms with E-state index in [1.54, 1.807) is 49.6 Å². The Bertz CT molecular complexity index is 1050. The summed E-state index contributed by atoms with van der Waals surface area (Å²) in [5.74, 6) is 3.10. The molecule has 2 N–H and O–H groups in total. The maximum Gasteiger partial charge on any atom is 0.265 e. The summed E-state index contributed by atoms with van der Waals surface area (Å²) in [5, 5.41) is 7.50.